The van der Waals surface area contributed by atoms with Gasteiger partial charge in [0.2, 0.25) is 0 Å². The number of nitrogens with zero attached hydrogens (tertiary/aromatic N) is 2. The summed E-state index contributed by atoms with van der Waals surface area (Å²) in [7, 11) is 0. The van der Waals surface area contributed by atoms with Crippen LogP contribution in [0.25, 0.3) is 0 Å². The second-order valence-electron chi connectivity index (χ2n) is 5.92. The van der Waals surface area contributed by atoms with Gasteiger partial charge in [-0.2, -0.15) is 0 Å². The van der Waals surface area contributed by atoms with Crippen molar-refractivity contribution < 1.29 is 5.11 Å². The summed E-state index contributed by atoms with van der Waals surface area (Å²) < 4.78 is 0. The molecule has 0 bridgehead atoms. The molecule has 1 aromatic rings. The minimum Gasteiger partial charge on any atom is -0.389 e. The number of anilines is 2. The first-order valence-corrected chi connectivity index (χ1v) is 5.69. The third-order valence-electron chi connectivity index (χ3n) is 2.12. The van der Waals surface area contributed by atoms with E-state index in [1.165, 1.54) is 0 Å². The number of rotatable bonds is 3. The lowest BCUT2D eigenvalue weighted by Crippen LogP contribution is -2.30. The van der Waals surface area contributed by atoms with Gasteiger partial charge in [-0.1, -0.05) is 20.8 Å². The summed E-state index contributed by atoms with van der Waals surface area (Å²) in [5, 5.41) is 12.7. The molecule has 0 aliphatic rings. The highest BCUT2D eigenvalue weighted by molar-refractivity contribution is 5.45. The van der Waals surface area contributed by atoms with Crippen LogP contribution in [0, 0.1) is 0 Å². The maximum absolute atomic E-state index is 9.64. The van der Waals surface area contributed by atoms with Crippen molar-refractivity contribution in [3.05, 3.63) is 11.9 Å². The highest BCUT2D eigenvalue weighted by Gasteiger charge is 2.19. The zero-order chi connectivity index (χ0) is 13.3. The Morgan fingerprint density at radius 3 is 2.29 bits per heavy atom. The van der Waals surface area contributed by atoms with Gasteiger partial charge in [-0.25, -0.2) is 9.97 Å². The molecule has 96 valence electrons. The molecule has 0 aliphatic carbocycles. The fourth-order valence-corrected chi connectivity index (χ4v) is 1.20. The van der Waals surface area contributed by atoms with E-state index in [1.807, 2.05) is 20.8 Å². The molecular formula is C12H22N4O. The van der Waals surface area contributed by atoms with E-state index in [0.717, 1.165) is 0 Å². The molecule has 5 heteroatoms. The van der Waals surface area contributed by atoms with Crippen LogP contribution in [0.5, 0.6) is 0 Å². The van der Waals surface area contributed by atoms with E-state index in [4.69, 9.17) is 5.73 Å². The molecule has 0 atom stereocenters. The monoisotopic (exact) mass is 238 g/mol. The number of aliphatic hydroxyl groups is 1. The van der Waals surface area contributed by atoms with Crippen LogP contribution in [0.1, 0.15) is 40.4 Å². The Balaban J connectivity index is 2.91. The number of nitrogens with two attached hydrogens (primary N) is 1. The molecule has 1 aromatic heterocycles. The van der Waals surface area contributed by atoms with Crippen molar-refractivity contribution in [3.8, 4) is 0 Å². The van der Waals surface area contributed by atoms with E-state index < -0.39 is 5.60 Å². The molecule has 0 radical (unpaired) electrons. The highest BCUT2D eigenvalue weighted by Crippen LogP contribution is 2.21. The normalized spacial score (nSPS) is 12.6. The molecule has 0 aromatic carbocycles. The minimum absolute atomic E-state index is 0.152. The van der Waals surface area contributed by atoms with E-state index in [2.05, 4.69) is 15.3 Å². The van der Waals surface area contributed by atoms with Crippen LogP contribution in [0.2, 0.25) is 0 Å². The molecule has 5 nitrogen and oxygen atoms in total. The summed E-state index contributed by atoms with van der Waals surface area (Å²) in [5.41, 5.74) is 4.80. The van der Waals surface area contributed by atoms with Crippen molar-refractivity contribution in [2.24, 2.45) is 0 Å². The molecule has 0 saturated carbocycles. The van der Waals surface area contributed by atoms with E-state index in [-0.39, 0.29) is 5.41 Å². The van der Waals surface area contributed by atoms with Crippen molar-refractivity contribution >= 4 is 11.6 Å². The first-order chi connectivity index (χ1) is 7.58. The van der Waals surface area contributed by atoms with Crippen LogP contribution in [0.3, 0.4) is 0 Å². The average Bonchev–Trinajstić information content (AvgIpc) is 2.11. The van der Waals surface area contributed by atoms with E-state index in [0.29, 0.717) is 24.0 Å². The van der Waals surface area contributed by atoms with Crippen LogP contribution in [0.4, 0.5) is 11.6 Å². The summed E-state index contributed by atoms with van der Waals surface area (Å²) in [6, 6.07) is 1.67. The fourth-order valence-electron chi connectivity index (χ4n) is 1.20. The zero-order valence-electron chi connectivity index (χ0n) is 11.2. The van der Waals surface area contributed by atoms with Gasteiger partial charge in [-0.15, -0.1) is 0 Å². The molecule has 0 fully saturated rings. The average molecular weight is 238 g/mol. The summed E-state index contributed by atoms with van der Waals surface area (Å²) >= 11 is 0. The van der Waals surface area contributed by atoms with Gasteiger partial charge in [0.05, 0.1) is 5.60 Å². The molecule has 0 unspecified atom stereocenters. The van der Waals surface area contributed by atoms with Gasteiger partial charge in [-0.3, -0.25) is 0 Å². The Morgan fingerprint density at radius 2 is 1.82 bits per heavy atom. The van der Waals surface area contributed by atoms with Gasteiger partial charge in [-0.05, 0) is 13.8 Å². The van der Waals surface area contributed by atoms with Crippen molar-refractivity contribution in [3.63, 3.8) is 0 Å². The maximum Gasteiger partial charge on any atom is 0.138 e. The molecule has 0 saturated heterocycles. The first kappa shape index (κ1) is 13.7. The Morgan fingerprint density at radius 1 is 1.24 bits per heavy atom. The predicted octanol–water partition coefficient (Wildman–Crippen LogP) is 1.54. The zero-order valence-corrected chi connectivity index (χ0v) is 11.2. The molecule has 17 heavy (non-hydrogen) atoms. The van der Waals surface area contributed by atoms with Crippen molar-refractivity contribution in [2.75, 3.05) is 17.6 Å². The predicted molar refractivity (Wildman–Crippen MR) is 69.9 cm³/mol. The van der Waals surface area contributed by atoms with Gasteiger partial charge >= 0.3 is 0 Å². The van der Waals surface area contributed by atoms with Crippen LogP contribution < -0.4 is 11.1 Å². The number of aromatic nitrogens is 2. The van der Waals surface area contributed by atoms with Crippen LogP contribution in [0.15, 0.2) is 6.07 Å². The van der Waals surface area contributed by atoms with Gasteiger partial charge in [0.15, 0.2) is 0 Å². The highest BCUT2D eigenvalue weighted by atomic mass is 16.3. The molecular weight excluding hydrogens is 216 g/mol. The summed E-state index contributed by atoms with van der Waals surface area (Å²) in [5.74, 6) is 1.77. The number of nitrogen functional groups attached to an aromatic ring is 1. The van der Waals surface area contributed by atoms with Gasteiger partial charge < -0.3 is 16.2 Å². The molecule has 1 heterocycles. The van der Waals surface area contributed by atoms with Crippen molar-refractivity contribution in [1.29, 1.82) is 0 Å². The third kappa shape index (κ3) is 4.56. The fraction of sp³-hybridized carbons (Fsp3) is 0.667. The third-order valence-corrected chi connectivity index (χ3v) is 2.12. The van der Waals surface area contributed by atoms with E-state index >= 15 is 0 Å². The van der Waals surface area contributed by atoms with Crippen LogP contribution >= 0.6 is 0 Å². The topological polar surface area (TPSA) is 84.1 Å². The number of hydrogen-bond acceptors (Lipinski definition) is 5. The molecule has 0 amide bonds. The number of hydrogen-bond donors (Lipinski definition) is 3. The molecule has 1 rings (SSSR count). The first-order valence-electron chi connectivity index (χ1n) is 5.69. The SMILES string of the molecule is CC(C)(O)CNc1cc(N)nc(C(C)(C)C)n1. The van der Waals surface area contributed by atoms with Crippen LogP contribution in [-0.2, 0) is 5.41 Å². The Bertz CT molecular complexity index is 390. The lowest BCUT2D eigenvalue weighted by atomic mass is 9.96. The molecule has 4 N–H and O–H groups in total. The standard InChI is InChI=1S/C12H22N4O/c1-11(2,3)10-15-8(13)6-9(16-10)14-7-12(4,5)17/h6,17H,7H2,1-5H3,(H3,13,14,15,16). The lowest BCUT2D eigenvalue weighted by Gasteiger charge is -2.21. The maximum atomic E-state index is 9.64. The van der Waals surface area contributed by atoms with Gasteiger partial charge in [0, 0.05) is 18.0 Å². The van der Waals surface area contributed by atoms with E-state index in [9.17, 15) is 5.11 Å². The Hall–Kier alpha value is -1.36. The Labute approximate surface area is 102 Å². The van der Waals surface area contributed by atoms with Crippen LogP contribution in [-0.4, -0.2) is 27.2 Å². The quantitative estimate of drug-likeness (QED) is 0.744. The number of nitrogens with one attached hydrogen (secondary N) is 1. The van der Waals surface area contributed by atoms with Gasteiger partial charge in [0.1, 0.15) is 17.5 Å². The second-order valence-corrected chi connectivity index (χ2v) is 5.92. The lowest BCUT2D eigenvalue weighted by molar-refractivity contribution is 0.0944. The Kier molecular flexibility index (Phi) is 3.62. The molecule has 0 spiro atoms. The summed E-state index contributed by atoms with van der Waals surface area (Å²) in [4.78, 5) is 8.61. The second kappa shape index (κ2) is 4.49. The van der Waals surface area contributed by atoms with Crippen molar-refractivity contribution in [1.82, 2.24) is 9.97 Å². The van der Waals surface area contributed by atoms with E-state index in [1.54, 1.807) is 19.9 Å². The largest absolute Gasteiger partial charge is 0.389 e. The summed E-state index contributed by atoms with van der Waals surface area (Å²) in [6.45, 7) is 9.96. The minimum atomic E-state index is -0.790. The van der Waals surface area contributed by atoms with Crippen molar-refractivity contribution in [2.45, 2.75) is 45.6 Å². The van der Waals surface area contributed by atoms with Gasteiger partial charge in [0.25, 0.3) is 0 Å². The smallest absolute Gasteiger partial charge is 0.138 e. The molecule has 0 aliphatic heterocycles. The summed E-state index contributed by atoms with van der Waals surface area (Å²) in [6.07, 6.45) is 0.